The predicted molar refractivity (Wildman–Crippen MR) is 151 cm³/mol. The monoisotopic (exact) mass is 528 g/mol. The fourth-order valence-electron chi connectivity index (χ4n) is 6.35. The maximum absolute atomic E-state index is 12.6. The minimum Gasteiger partial charge on any atom is -0.502 e. The van der Waals surface area contributed by atoms with Gasteiger partial charge in [-0.1, -0.05) is 48.6 Å². The highest BCUT2D eigenvalue weighted by molar-refractivity contribution is 5.48. The largest absolute Gasteiger partial charge is 0.502 e. The van der Waals surface area contributed by atoms with Crippen molar-refractivity contribution in [1.29, 1.82) is 0 Å². The molecule has 5 heterocycles. The third kappa shape index (κ3) is 5.93. The normalized spacial score (nSPS) is 22.3. The van der Waals surface area contributed by atoms with Gasteiger partial charge in [0.1, 0.15) is 5.76 Å². The quantitative estimate of drug-likeness (QED) is 0.505. The van der Waals surface area contributed by atoms with Crippen LogP contribution in [0.2, 0.25) is 0 Å². The van der Waals surface area contributed by atoms with Crippen molar-refractivity contribution >= 4 is 6.08 Å². The van der Waals surface area contributed by atoms with Gasteiger partial charge in [0, 0.05) is 76.1 Å². The number of piperidine rings is 1. The second-order valence-electron chi connectivity index (χ2n) is 11.1. The topological polar surface area (TPSA) is 82.2 Å². The molecule has 3 aliphatic rings. The smallest absolute Gasteiger partial charge is 0.250 e. The molecule has 8 nitrogen and oxygen atoms in total. The van der Waals surface area contributed by atoms with Crippen molar-refractivity contribution < 1.29 is 9.52 Å². The Kier molecular flexibility index (Phi) is 7.50. The molecule has 2 atom stereocenters. The molecule has 0 spiro atoms. The lowest BCUT2D eigenvalue weighted by molar-refractivity contribution is 0.103. The summed E-state index contributed by atoms with van der Waals surface area (Å²) in [4.78, 5) is 31.9. The number of hydrogen-bond donors (Lipinski definition) is 1. The van der Waals surface area contributed by atoms with E-state index in [1.165, 1.54) is 11.6 Å². The Bertz CT molecular complexity index is 1440. The lowest BCUT2D eigenvalue weighted by Crippen LogP contribution is -2.46. The number of aromatic hydroxyl groups is 1. The molecule has 0 amide bonds. The highest BCUT2D eigenvalue weighted by Crippen LogP contribution is 2.35. The fraction of sp³-hybridized carbons (Fsp3) is 0.419. The van der Waals surface area contributed by atoms with E-state index in [0.29, 0.717) is 36.4 Å². The molecular weight excluding hydrogens is 492 g/mol. The Morgan fingerprint density at radius 3 is 2.49 bits per heavy atom. The third-order valence-corrected chi connectivity index (χ3v) is 8.28. The van der Waals surface area contributed by atoms with Crippen molar-refractivity contribution in [3.8, 4) is 5.75 Å². The van der Waals surface area contributed by atoms with Crippen LogP contribution in [-0.4, -0.2) is 70.2 Å². The van der Waals surface area contributed by atoms with E-state index in [2.05, 4.69) is 45.1 Å². The molecule has 1 N–H and O–H groups in total. The van der Waals surface area contributed by atoms with E-state index in [4.69, 9.17) is 4.42 Å². The SMILES string of the molecule is O=c1cc(CN2C[C@@H]3C[C@H](C2)c2cccc(=O)n2C3)oc(CN2CCN(C/C=C/c3ccccc3)CC2)c1O. The van der Waals surface area contributed by atoms with Crippen LogP contribution in [0.15, 0.2) is 74.7 Å². The predicted octanol–water partition coefficient (Wildman–Crippen LogP) is 2.96. The van der Waals surface area contributed by atoms with E-state index in [1.807, 2.05) is 28.8 Å². The van der Waals surface area contributed by atoms with Crippen molar-refractivity contribution in [1.82, 2.24) is 19.3 Å². The zero-order valence-corrected chi connectivity index (χ0v) is 22.2. The van der Waals surface area contributed by atoms with Crippen LogP contribution in [0.4, 0.5) is 0 Å². The van der Waals surface area contributed by atoms with Gasteiger partial charge in [-0.25, -0.2) is 0 Å². The van der Waals surface area contributed by atoms with Crippen LogP contribution in [0.3, 0.4) is 0 Å². The van der Waals surface area contributed by atoms with Crippen LogP contribution in [0.25, 0.3) is 6.08 Å². The van der Waals surface area contributed by atoms with Crippen molar-refractivity contribution in [2.75, 3.05) is 45.8 Å². The molecule has 2 fully saturated rings. The van der Waals surface area contributed by atoms with Crippen LogP contribution in [-0.2, 0) is 19.6 Å². The average Bonchev–Trinajstić information content (AvgIpc) is 2.94. The van der Waals surface area contributed by atoms with Gasteiger partial charge in [0.15, 0.2) is 5.76 Å². The Morgan fingerprint density at radius 2 is 1.67 bits per heavy atom. The van der Waals surface area contributed by atoms with Gasteiger partial charge >= 0.3 is 0 Å². The van der Waals surface area contributed by atoms with Gasteiger partial charge in [-0.2, -0.15) is 0 Å². The number of benzene rings is 1. The summed E-state index contributed by atoms with van der Waals surface area (Å²) in [6, 6.07) is 17.3. The van der Waals surface area contributed by atoms with Gasteiger partial charge in [0.2, 0.25) is 11.2 Å². The summed E-state index contributed by atoms with van der Waals surface area (Å²) in [5.41, 5.74) is 2.00. The first kappa shape index (κ1) is 25.8. The summed E-state index contributed by atoms with van der Waals surface area (Å²) in [5.74, 6) is 1.36. The molecule has 0 radical (unpaired) electrons. The van der Waals surface area contributed by atoms with Gasteiger partial charge in [-0.05, 0) is 24.0 Å². The van der Waals surface area contributed by atoms with E-state index in [9.17, 15) is 14.7 Å². The van der Waals surface area contributed by atoms with Gasteiger partial charge in [-0.3, -0.25) is 24.3 Å². The molecular formula is C31H36N4O4. The summed E-state index contributed by atoms with van der Waals surface area (Å²) in [6.45, 7) is 7.80. The van der Waals surface area contributed by atoms with Crippen LogP contribution >= 0.6 is 0 Å². The van der Waals surface area contributed by atoms with Gasteiger partial charge in [-0.15, -0.1) is 0 Å². The van der Waals surface area contributed by atoms with Crippen molar-refractivity contribution in [2.24, 2.45) is 5.92 Å². The first-order valence-corrected chi connectivity index (χ1v) is 13.9. The van der Waals surface area contributed by atoms with Crippen molar-refractivity contribution in [3.63, 3.8) is 0 Å². The standard InChI is InChI=1S/C31H36N4O4/c36-28-17-26(21-34-18-24-16-25(20-34)27-9-4-10-30(37)35(27)19-24)39-29(31(28)38)22-33-14-12-32(13-15-33)11-5-8-23-6-2-1-3-7-23/h1-10,17,24-25,38H,11-16,18-22H2/b8-5+/t24-,25+/m0/s1. The van der Waals surface area contributed by atoms with E-state index >= 15 is 0 Å². The molecule has 1 aromatic carbocycles. The van der Waals surface area contributed by atoms with E-state index in [0.717, 1.165) is 64.5 Å². The number of aromatic nitrogens is 1. The molecule has 0 unspecified atom stereocenters. The van der Waals surface area contributed by atoms with Crippen LogP contribution in [0.1, 0.15) is 35.1 Å². The van der Waals surface area contributed by atoms with E-state index in [1.54, 1.807) is 6.07 Å². The highest BCUT2D eigenvalue weighted by Gasteiger charge is 2.34. The number of likely N-dealkylation sites (tertiary alicyclic amines) is 1. The third-order valence-electron chi connectivity index (χ3n) is 8.28. The maximum Gasteiger partial charge on any atom is 0.250 e. The number of pyridine rings is 1. The first-order chi connectivity index (χ1) is 19.0. The Morgan fingerprint density at radius 1 is 0.872 bits per heavy atom. The molecule has 0 saturated carbocycles. The minimum absolute atomic E-state index is 0.0781. The zero-order chi connectivity index (χ0) is 26.8. The fourth-order valence-corrected chi connectivity index (χ4v) is 6.35. The zero-order valence-electron chi connectivity index (χ0n) is 22.2. The average molecular weight is 529 g/mol. The Labute approximate surface area is 228 Å². The van der Waals surface area contributed by atoms with Crippen LogP contribution in [0, 0.1) is 5.92 Å². The van der Waals surface area contributed by atoms with Gasteiger partial charge < -0.3 is 14.1 Å². The molecule has 8 heteroatoms. The molecule has 2 saturated heterocycles. The molecule has 2 bridgehead atoms. The number of fused-ring (bicyclic) bond motifs is 4. The molecule has 39 heavy (non-hydrogen) atoms. The molecule has 2 aromatic heterocycles. The lowest BCUT2D eigenvalue weighted by Gasteiger charge is -2.42. The Hall–Kier alpha value is -3.46. The maximum atomic E-state index is 12.6. The molecule has 0 aliphatic carbocycles. The second-order valence-corrected chi connectivity index (χ2v) is 11.1. The number of hydrogen-bond acceptors (Lipinski definition) is 7. The van der Waals surface area contributed by atoms with Gasteiger partial charge in [0.25, 0.3) is 5.56 Å². The first-order valence-electron chi connectivity index (χ1n) is 13.9. The molecule has 6 rings (SSSR count). The summed E-state index contributed by atoms with van der Waals surface area (Å²) in [7, 11) is 0. The Balaban J connectivity index is 1.06. The van der Waals surface area contributed by atoms with Crippen molar-refractivity contribution in [3.05, 3.63) is 104 Å². The summed E-state index contributed by atoms with van der Waals surface area (Å²) >= 11 is 0. The molecule has 3 aliphatic heterocycles. The van der Waals surface area contributed by atoms with Crippen LogP contribution < -0.4 is 11.0 Å². The summed E-state index contributed by atoms with van der Waals surface area (Å²) < 4.78 is 8.06. The second kappa shape index (κ2) is 11.3. The number of piperazine rings is 1. The van der Waals surface area contributed by atoms with Gasteiger partial charge in [0.05, 0.1) is 13.1 Å². The molecule has 3 aromatic rings. The summed E-state index contributed by atoms with van der Waals surface area (Å²) in [6.07, 6.45) is 5.43. The summed E-state index contributed by atoms with van der Waals surface area (Å²) in [5, 5.41) is 10.5. The van der Waals surface area contributed by atoms with Crippen LogP contribution in [0.5, 0.6) is 5.75 Å². The van der Waals surface area contributed by atoms with E-state index in [-0.39, 0.29) is 16.7 Å². The van der Waals surface area contributed by atoms with E-state index < -0.39 is 0 Å². The molecule has 204 valence electrons. The number of nitrogens with zero attached hydrogens (tertiary/aromatic N) is 4. The lowest BCUT2D eigenvalue weighted by atomic mass is 9.83. The minimum atomic E-state index is -0.384. The highest BCUT2D eigenvalue weighted by atomic mass is 16.4. The van der Waals surface area contributed by atoms with Crippen molar-refractivity contribution in [2.45, 2.75) is 32.0 Å². The number of rotatable bonds is 7.